The predicted octanol–water partition coefficient (Wildman–Crippen LogP) is 31.9. The van der Waals surface area contributed by atoms with Crippen LogP contribution >= 0.6 is 0 Å². The lowest BCUT2D eigenvalue weighted by atomic mass is 9.63. The van der Waals surface area contributed by atoms with E-state index in [9.17, 15) is 5.48 Å². The van der Waals surface area contributed by atoms with Gasteiger partial charge in [-0.15, -0.1) is 0 Å². The van der Waals surface area contributed by atoms with Crippen molar-refractivity contribution in [1.29, 1.82) is 0 Å². The maximum Gasteiger partial charge on any atom is 0.227 e. The molecule has 3 unspecified atom stereocenters. The largest absolute Gasteiger partial charge is 0.455 e. The van der Waals surface area contributed by atoms with Gasteiger partial charge in [-0.05, 0) is 215 Å². The summed E-state index contributed by atoms with van der Waals surface area (Å²) in [6.07, 6.45) is 1.75. The summed E-state index contributed by atoms with van der Waals surface area (Å²) in [7, 11) is 7.46. The molecule has 0 bridgehead atoms. The molecule has 10 heteroatoms. The van der Waals surface area contributed by atoms with Gasteiger partial charge in [-0.25, -0.2) is 28.2 Å². The van der Waals surface area contributed by atoms with Crippen LogP contribution in [0.2, 0.25) is 0 Å². The zero-order chi connectivity index (χ0) is 120. The van der Waals surface area contributed by atoms with Gasteiger partial charge in [0.1, 0.15) is 50.5 Å². The van der Waals surface area contributed by atoms with Crippen LogP contribution in [0.4, 0.5) is 0 Å². The van der Waals surface area contributed by atoms with Gasteiger partial charge in [0.2, 0.25) is 34.2 Å². The smallest absolute Gasteiger partial charge is 0.227 e. The van der Waals surface area contributed by atoms with Gasteiger partial charge in [0.25, 0.3) is 0 Å². The molecule has 0 saturated heterocycles. The summed E-state index contributed by atoms with van der Waals surface area (Å²) in [5.74, 6) is -4.46. The number of fused-ring (bicyclic) bond motifs is 27. The third-order valence-electron chi connectivity index (χ3n) is 29.3. The number of aryl methyl sites for hydroxylation is 12. The molecule has 0 aliphatic heterocycles. The number of hydrogen-bond acceptors (Lipinski definition) is 6. The molecule has 20 aromatic rings. The van der Waals surface area contributed by atoms with Gasteiger partial charge >= 0.3 is 0 Å². The van der Waals surface area contributed by atoms with E-state index < -0.39 is 100.0 Å². The van der Waals surface area contributed by atoms with Crippen molar-refractivity contribution in [2.75, 3.05) is 0 Å². The molecule has 138 heavy (non-hydrogen) atoms. The standard InChI is InChI=1S/C39H47N2O.C31H31N2O.2C29H26NO/c1-23(2)30-20-41(11)32(18-25(30)4)33-24(3)16-17-27-29-19-28-26-14-12-13-15-31(26)39(21-37(5,6)7,22-38(8,9)10)35(28)40-36(29)42-34(27)33;1-17(2)23-16-33(7)25(14-19(23)4)26-18(3)12-13-21-27-28-22(15-32-30(27)34-29(21)26)20-10-8-9-11-24(20)31(28,5)6;1-17-16-18(2)25(23-12-8-9-15-30(23)5)28-24(17)21-14-13-20-19-10-6-7-11-22(19)29(3,4)26(20)27(21)31-28;1-17-9-13-22-21(16-17)26-23(29(22,3)4)14-12-20-19-11-10-18(2)25(27(19)31-28(20)26)24-8-6-7-15-30(24)5/h12-20,23H,21-22H2,1-11H3;8-17H,1-7H3;2*6-16H,1-5H3/q4*+1/i1D3,4D3,5D3,6D3,8D3,21D2,22D2,23D;1D3,4D3,17D;;. The van der Waals surface area contributed by atoms with Crippen molar-refractivity contribution in [3.05, 3.63) is 344 Å². The molecule has 10 aromatic heterocycles. The fourth-order valence-electron chi connectivity index (χ4n) is 23.0. The average Bonchev–Trinajstić information content (AvgIpc) is 1.50. The highest BCUT2D eigenvalue weighted by Crippen LogP contribution is 2.61. The number of hydrogen-bond donors (Lipinski definition) is 0. The van der Waals surface area contributed by atoms with Gasteiger partial charge in [-0.2, -0.15) is 0 Å². The summed E-state index contributed by atoms with van der Waals surface area (Å²) in [6.45, 7) is 9.59. The van der Waals surface area contributed by atoms with Crippen molar-refractivity contribution in [3.63, 3.8) is 0 Å². The van der Waals surface area contributed by atoms with Gasteiger partial charge in [-0.1, -0.05) is 268 Å². The molecular formula is C128H130N6O4+4. The van der Waals surface area contributed by atoms with Gasteiger partial charge < -0.3 is 17.7 Å². The number of rotatable bonds is 8. The summed E-state index contributed by atoms with van der Waals surface area (Å²) in [5, 5.41) is 7.30. The van der Waals surface area contributed by atoms with Crippen LogP contribution in [-0.4, -0.2) is 9.97 Å². The Morgan fingerprint density at radius 1 is 0.362 bits per heavy atom. The molecule has 24 rings (SSSR count). The first-order chi connectivity index (χ1) is 76.4. The summed E-state index contributed by atoms with van der Waals surface area (Å²) >= 11 is 0. The van der Waals surface area contributed by atoms with Crippen molar-refractivity contribution < 1.29 is 72.9 Å². The second-order valence-corrected chi connectivity index (χ2v) is 40.7. The van der Waals surface area contributed by atoms with Gasteiger partial charge in [-0.3, -0.25) is 0 Å². The first-order valence-electron chi connectivity index (χ1n) is 60.6. The third kappa shape index (κ3) is 14.2. The summed E-state index contributed by atoms with van der Waals surface area (Å²) < 4.78 is 266. The molecule has 10 nitrogen and oxygen atoms in total. The zero-order valence-corrected chi connectivity index (χ0v) is 81.9. The van der Waals surface area contributed by atoms with Crippen molar-refractivity contribution in [2.24, 2.45) is 39.0 Å². The maximum absolute atomic E-state index is 9.98. The summed E-state index contributed by atoms with van der Waals surface area (Å²) in [4.78, 5) is 9.52. The Balaban J connectivity index is 0.000000131. The fourth-order valence-corrected chi connectivity index (χ4v) is 23.0. The topological polar surface area (TPSA) is 93.9 Å². The molecule has 10 aromatic carbocycles. The van der Waals surface area contributed by atoms with Crippen LogP contribution in [-0.2, 0) is 49.9 Å². The molecule has 4 aliphatic rings. The molecule has 10 heterocycles. The minimum Gasteiger partial charge on any atom is -0.455 e. The molecule has 0 saturated carbocycles. The van der Waals surface area contributed by atoms with Crippen LogP contribution in [0.15, 0.2) is 261 Å². The van der Waals surface area contributed by atoms with E-state index in [4.69, 9.17) is 59.2 Å². The highest BCUT2D eigenvalue weighted by atomic mass is 16.3. The van der Waals surface area contributed by atoms with Crippen LogP contribution in [0.25, 0.3) is 178 Å². The van der Waals surface area contributed by atoms with Crippen molar-refractivity contribution >= 4 is 88.0 Å². The monoisotopic (exact) mass is 1840 g/mol. The number of benzene rings is 10. The summed E-state index contributed by atoms with van der Waals surface area (Å²) in [6, 6.07) is 70.0. The highest BCUT2D eigenvalue weighted by molar-refractivity contribution is 6.18. The van der Waals surface area contributed by atoms with Gasteiger partial charge in [0, 0.05) is 172 Å². The first kappa shape index (κ1) is 64.4. The first-order valence-corrected chi connectivity index (χ1v) is 47.1. The predicted molar refractivity (Wildman–Crippen MR) is 570 cm³/mol. The number of aromatic nitrogens is 6. The Morgan fingerprint density at radius 3 is 1.41 bits per heavy atom. The maximum atomic E-state index is 9.98. The zero-order valence-electron chi connectivity index (χ0n) is 109. The molecule has 0 fully saturated rings. The molecule has 692 valence electrons. The third-order valence-corrected chi connectivity index (χ3v) is 29.3. The van der Waals surface area contributed by atoms with Gasteiger partial charge in [0.05, 0.1) is 33.3 Å². The Hall–Kier alpha value is -13.7. The fraction of sp³-hybridized carbons (Fsp3) is 0.297. The van der Waals surface area contributed by atoms with Crippen molar-refractivity contribution in [1.82, 2.24) is 9.97 Å². The SMILES string of the molecule is Cc1cc(C)c2c(oc3c4c(ccc32)-c2ccccc2C4(C)C)c1-c1cccc[n+]1C.Cc1ccc2c(c1)-c1c(ccc3c1oc1c(-c4cccc[n+]4C)c(C)ccc13)C2(C)C.[2H]C([2H])([2H])c1cc(-c2c(C)ccc3c2oc2nc4c(cc23)-c2ccccc2C4(C([2H])([2H])C(C)(C)C([2H])([2H])[2H])C([2H])([2H])C(C)(C([2H])([2H])[2H])C([2H])([2H])[2H])[n+](C)cc1C([2H])(C)C([2H])([2H])[2H].[2H]C([2H])([2H])c1cc(-c2c(C)ccc3c2oc2ncc4c(c23)C(C)(C)c2ccccc2-4)[n+](C)cc1C([2H])(C)C([2H])([2H])[2H]. The Kier molecular flexibility index (Phi) is 15.2. The molecule has 0 amide bonds. The summed E-state index contributed by atoms with van der Waals surface area (Å²) in [5.41, 5.74) is 22.3. The lowest BCUT2D eigenvalue weighted by molar-refractivity contribution is -0.661. The van der Waals surface area contributed by atoms with E-state index in [-0.39, 0.29) is 72.0 Å². The van der Waals surface area contributed by atoms with Crippen LogP contribution < -0.4 is 18.3 Å². The molecule has 0 radical (unpaired) electrons. The van der Waals surface area contributed by atoms with E-state index in [1.165, 1.54) is 171 Å². The van der Waals surface area contributed by atoms with E-state index in [0.717, 1.165) is 81.8 Å². The van der Waals surface area contributed by atoms with Crippen LogP contribution in [0.1, 0.15) is 272 Å². The molecule has 0 spiro atoms. The Morgan fingerprint density at radius 2 is 0.826 bits per heavy atom. The second-order valence-electron chi connectivity index (χ2n) is 40.7. The van der Waals surface area contributed by atoms with Crippen LogP contribution in [0.3, 0.4) is 0 Å². The van der Waals surface area contributed by atoms with E-state index in [0.29, 0.717) is 46.0 Å². The normalized spacial score (nSPS) is 19.6. The number of pyridine rings is 6. The van der Waals surface area contributed by atoms with Crippen molar-refractivity contribution in [2.45, 2.75) is 212 Å². The van der Waals surface area contributed by atoms with E-state index >= 15 is 0 Å². The highest BCUT2D eigenvalue weighted by Gasteiger charge is 2.50. The molecular weight excluding hydrogens is 1690 g/mol. The van der Waals surface area contributed by atoms with Crippen LogP contribution in [0, 0.1) is 66.1 Å². The van der Waals surface area contributed by atoms with E-state index in [1.807, 2.05) is 37.4 Å². The lowest BCUT2D eigenvalue weighted by Gasteiger charge is -2.41. The molecule has 3 atom stereocenters. The average molecular weight is 1840 g/mol. The van der Waals surface area contributed by atoms with Gasteiger partial charge in [0.15, 0.2) is 36.0 Å². The number of furan rings is 4. The minimum atomic E-state index is -3.69. The van der Waals surface area contributed by atoms with Crippen molar-refractivity contribution in [3.8, 4) is 89.5 Å². The van der Waals surface area contributed by atoms with E-state index in [1.54, 1.807) is 43.8 Å². The lowest BCUT2D eigenvalue weighted by Crippen LogP contribution is -2.35. The quantitative estimate of drug-likeness (QED) is 0.141. The van der Waals surface area contributed by atoms with Crippen LogP contribution in [0.5, 0.6) is 0 Å². The molecule has 4 aliphatic carbocycles. The second kappa shape index (κ2) is 32.5. The van der Waals surface area contributed by atoms with E-state index in [2.05, 4.69) is 238 Å². The minimum absolute atomic E-state index is 0.0316. The Labute approximate surface area is 851 Å². The number of nitrogens with zero attached hydrogens (tertiary/aromatic N) is 6. The Bertz CT molecular complexity index is 9780. The molecule has 0 N–H and O–H groups in total.